The number of hydrogen-bond donors (Lipinski definition) is 2. The van der Waals surface area contributed by atoms with Crippen LogP contribution in [0.15, 0.2) is 30.3 Å². The van der Waals surface area contributed by atoms with E-state index in [2.05, 4.69) is 15.6 Å². The van der Waals surface area contributed by atoms with Crippen molar-refractivity contribution >= 4 is 41.6 Å². The van der Waals surface area contributed by atoms with Crippen molar-refractivity contribution in [3.05, 3.63) is 36.0 Å². The second kappa shape index (κ2) is 8.17. The van der Waals surface area contributed by atoms with Gasteiger partial charge in [-0.3, -0.25) is 4.79 Å². The number of pyridine rings is 1. The number of amides is 1. The first-order valence-corrected chi connectivity index (χ1v) is 6.70. The third kappa shape index (κ3) is 4.00. The number of hydrogen-bond acceptors (Lipinski definition) is 4. The molecule has 1 aromatic heterocycles. The van der Waals surface area contributed by atoms with Gasteiger partial charge in [0.25, 0.3) is 5.91 Å². The van der Waals surface area contributed by atoms with E-state index >= 15 is 0 Å². The standard InChI is InChI=1S/C15H17N3O2.2ClH/c1-20-12-3-5-13-11(6-12)2-4-14(18-13)15(19)17-9-10-7-16-8-10;;/h2-6,10,16H,7-9H2,1H3,(H,17,19);2*1H. The number of rotatable bonds is 4. The Morgan fingerprint density at radius 3 is 2.73 bits per heavy atom. The minimum atomic E-state index is -0.116. The predicted molar refractivity (Wildman–Crippen MR) is 91.5 cm³/mol. The van der Waals surface area contributed by atoms with Gasteiger partial charge in [0.05, 0.1) is 12.6 Å². The first-order chi connectivity index (χ1) is 9.76. The van der Waals surface area contributed by atoms with E-state index in [1.807, 2.05) is 24.3 Å². The summed E-state index contributed by atoms with van der Waals surface area (Å²) in [6.45, 7) is 2.66. The summed E-state index contributed by atoms with van der Waals surface area (Å²) in [5.41, 5.74) is 1.25. The molecular formula is C15H19Cl2N3O2. The van der Waals surface area contributed by atoms with Crippen LogP contribution in [0.2, 0.25) is 0 Å². The molecule has 5 nitrogen and oxygen atoms in total. The number of nitrogens with one attached hydrogen (secondary N) is 2. The van der Waals surface area contributed by atoms with E-state index in [4.69, 9.17) is 4.74 Å². The number of nitrogens with zero attached hydrogens (tertiary/aromatic N) is 1. The molecule has 1 aliphatic heterocycles. The van der Waals surface area contributed by atoms with Crippen LogP contribution in [-0.4, -0.2) is 37.6 Å². The van der Waals surface area contributed by atoms with E-state index in [0.717, 1.165) is 29.7 Å². The molecular weight excluding hydrogens is 325 g/mol. The maximum atomic E-state index is 12.0. The fourth-order valence-corrected chi connectivity index (χ4v) is 2.18. The zero-order valence-corrected chi connectivity index (χ0v) is 13.8. The van der Waals surface area contributed by atoms with Crippen LogP contribution in [-0.2, 0) is 0 Å². The van der Waals surface area contributed by atoms with Crippen LogP contribution in [0.3, 0.4) is 0 Å². The van der Waals surface area contributed by atoms with Crippen molar-refractivity contribution in [1.29, 1.82) is 0 Å². The Labute approximate surface area is 141 Å². The molecule has 0 bridgehead atoms. The van der Waals surface area contributed by atoms with Gasteiger partial charge in [-0.15, -0.1) is 24.8 Å². The first kappa shape index (κ1) is 18.5. The van der Waals surface area contributed by atoms with Crippen LogP contribution in [0.4, 0.5) is 0 Å². The van der Waals surface area contributed by atoms with E-state index in [1.165, 1.54) is 0 Å². The number of aromatic nitrogens is 1. The summed E-state index contributed by atoms with van der Waals surface area (Å²) in [4.78, 5) is 16.4. The lowest BCUT2D eigenvalue weighted by Crippen LogP contribution is -2.48. The van der Waals surface area contributed by atoms with Crippen LogP contribution < -0.4 is 15.4 Å². The average molecular weight is 344 g/mol. The van der Waals surface area contributed by atoms with Gasteiger partial charge in [-0.05, 0) is 24.3 Å². The topological polar surface area (TPSA) is 63.2 Å². The first-order valence-electron chi connectivity index (χ1n) is 6.70. The molecule has 0 spiro atoms. The van der Waals surface area contributed by atoms with Crippen molar-refractivity contribution < 1.29 is 9.53 Å². The van der Waals surface area contributed by atoms with Crippen molar-refractivity contribution in [3.8, 4) is 5.75 Å². The second-order valence-electron chi connectivity index (χ2n) is 4.99. The van der Waals surface area contributed by atoms with E-state index in [0.29, 0.717) is 18.2 Å². The van der Waals surface area contributed by atoms with Gasteiger partial charge in [0, 0.05) is 30.9 Å². The Balaban J connectivity index is 0.00000121. The number of benzene rings is 1. The van der Waals surface area contributed by atoms with Crippen molar-refractivity contribution in [3.63, 3.8) is 0 Å². The second-order valence-corrected chi connectivity index (χ2v) is 4.99. The Bertz CT molecular complexity index is 648. The summed E-state index contributed by atoms with van der Waals surface area (Å²) in [5.74, 6) is 1.22. The average Bonchev–Trinajstić information content (AvgIpc) is 2.44. The van der Waals surface area contributed by atoms with E-state index < -0.39 is 0 Å². The number of fused-ring (bicyclic) bond motifs is 1. The van der Waals surface area contributed by atoms with Crippen LogP contribution in [0, 0.1) is 5.92 Å². The Kier molecular flexibility index (Phi) is 6.87. The van der Waals surface area contributed by atoms with Gasteiger partial charge in [-0.2, -0.15) is 0 Å². The lowest BCUT2D eigenvalue weighted by atomic mass is 10.0. The molecule has 22 heavy (non-hydrogen) atoms. The normalized spacial score (nSPS) is 13.5. The zero-order valence-electron chi connectivity index (χ0n) is 12.2. The minimum Gasteiger partial charge on any atom is -0.497 e. The number of methoxy groups -OCH3 is 1. The number of halogens is 2. The summed E-state index contributed by atoms with van der Waals surface area (Å²) in [5, 5.41) is 7.07. The summed E-state index contributed by atoms with van der Waals surface area (Å²) in [6, 6.07) is 9.25. The quantitative estimate of drug-likeness (QED) is 0.891. The lowest BCUT2D eigenvalue weighted by Gasteiger charge is -2.26. The van der Waals surface area contributed by atoms with Gasteiger partial charge < -0.3 is 15.4 Å². The fourth-order valence-electron chi connectivity index (χ4n) is 2.18. The smallest absolute Gasteiger partial charge is 0.269 e. The van der Waals surface area contributed by atoms with Crippen LogP contribution in [0.25, 0.3) is 10.9 Å². The summed E-state index contributed by atoms with van der Waals surface area (Å²) >= 11 is 0. The molecule has 0 aliphatic carbocycles. The molecule has 120 valence electrons. The van der Waals surface area contributed by atoms with Gasteiger partial charge in [-0.25, -0.2) is 4.98 Å². The third-order valence-corrected chi connectivity index (χ3v) is 3.55. The highest BCUT2D eigenvalue weighted by Gasteiger charge is 2.18. The van der Waals surface area contributed by atoms with Crippen molar-refractivity contribution in [2.45, 2.75) is 0 Å². The molecule has 2 N–H and O–H groups in total. The molecule has 0 unspecified atom stereocenters. The van der Waals surface area contributed by atoms with E-state index in [9.17, 15) is 4.79 Å². The number of carbonyl (C=O) groups is 1. The summed E-state index contributed by atoms with van der Waals surface area (Å²) in [7, 11) is 1.63. The highest BCUT2D eigenvalue weighted by molar-refractivity contribution is 5.95. The Morgan fingerprint density at radius 2 is 2.09 bits per heavy atom. The van der Waals surface area contributed by atoms with Gasteiger partial charge in [0.1, 0.15) is 11.4 Å². The van der Waals surface area contributed by atoms with Crippen LogP contribution >= 0.6 is 24.8 Å². The molecule has 1 aromatic carbocycles. The predicted octanol–water partition coefficient (Wildman–Crippen LogP) is 2.04. The molecule has 2 aromatic rings. The van der Waals surface area contributed by atoms with Crippen molar-refractivity contribution in [2.24, 2.45) is 5.92 Å². The fraction of sp³-hybridized carbons (Fsp3) is 0.333. The Morgan fingerprint density at radius 1 is 1.32 bits per heavy atom. The molecule has 2 heterocycles. The molecule has 1 fully saturated rings. The zero-order chi connectivity index (χ0) is 13.9. The summed E-state index contributed by atoms with van der Waals surface area (Å²) in [6.07, 6.45) is 0. The lowest BCUT2D eigenvalue weighted by molar-refractivity contribution is 0.0937. The Hall–Kier alpha value is -1.56. The van der Waals surface area contributed by atoms with Crippen molar-refractivity contribution in [2.75, 3.05) is 26.7 Å². The molecule has 1 aliphatic rings. The maximum Gasteiger partial charge on any atom is 0.269 e. The van der Waals surface area contributed by atoms with Crippen molar-refractivity contribution in [1.82, 2.24) is 15.6 Å². The largest absolute Gasteiger partial charge is 0.497 e. The molecule has 7 heteroatoms. The number of carbonyl (C=O) groups excluding carboxylic acids is 1. The molecule has 0 atom stereocenters. The monoisotopic (exact) mass is 343 g/mol. The van der Waals surface area contributed by atoms with Gasteiger partial charge in [0.2, 0.25) is 0 Å². The molecule has 0 radical (unpaired) electrons. The number of ether oxygens (including phenoxy) is 1. The SMILES string of the molecule is COc1ccc2nc(C(=O)NCC3CNC3)ccc2c1.Cl.Cl. The summed E-state index contributed by atoms with van der Waals surface area (Å²) < 4.78 is 5.17. The van der Waals surface area contributed by atoms with Gasteiger partial charge in [0.15, 0.2) is 0 Å². The molecule has 0 saturated carbocycles. The van der Waals surface area contributed by atoms with E-state index in [-0.39, 0.29) is 30.7 Å². The van der Waals surface area contributed by atoms with Crippen LogP contribution in [0.1, 0.15) is 10.5 Å². The highest BCUT2D eigenvalue weighted by atomic mass is 35.5. The van der Waals surface area contributed by atoms with E-state index in [1.54, 1.807) is 13.2 Å². The maximum absolute atomic E-state index is 12.0. The van der Waals surface area contributed by atoms with Gasteiger partial charge >= 0.3 is 0 Å². The van der Waals surface area contributed by atoms with Crippen LogP contribution in [0.5, 0.6) is 5.75 Å². The third-order valence-electron chi connectivity index (χ3n) is 3.55. The molecule has 1 saturated heterocycles. The molecule has 1 amide bonds. The minimum absolute atomic E-state index is 0. The van der Waals surface area contributed by atoms with Gasteiger partial charge in [-0.1, -0.05) is 6.07 Å². The highest BCUT2D eigenvalue weighted by Crippen LogP contribution is 2.19. The molecule has 3 rings (SSSR count).